The van der Waals surface area contributed by atoms with Crippen LogP contribution in [0.1, 0.15) is 19.8 Å². The lowest BCUT2D eigenvalue weighted by molar-refractivity contribution is -0.125. The van der Waals surface area contributed by atoms with Gasteiger partial charge < -0.3 is 15.4 Å². The van der Waals surface area contributed by atoms with Crippen LogP contribution in [0.25, 0.3) is 0 Å². The molecule has 0 spiro atoms. The molecule has 112 valence electrons. The first-order chi connectivity index (χ1) is 8.94. The summed E-state index contributed by atoms with van der Waals surface area (Å²) in [4.78, 5) is 11.9. The molecule has 0 saturated carbocycles. The molecule has 1 heterocycles. The second kappa shape index (κ2) is 7.78. The molecule has 0 radical (unpaired) electrons. The average molecular weight is 293 g/mol. The molecule has 0 aromatic heterocycles. The third kappa shape index (κ3) is 6.33. The van der Waals surface area contributed by atoms with Gasteiger partial charge in [0, 0.05) is 12.6 Å². The Bertz CT molecular complexity index is 385. The first kappa shape index (κ1) is 16.4. The van der Waals surface area contributed by atoms with Crippen molar-refractivity contribution in [1.29, 1.82) is 0 Å². The van der Waals surface area contributed by atoms with Crippen LogP contribution in [0.3, 0.4) is 0 Å². The first-order valence-electron chi connectivity index (χ1n) is 6.53. The van der Waals surface area contributed by atoms with E-state index in [-0.39, 0.29) is 23.6 Å². The van der Waals surface area contributed by atoms with Gasteiger partial charge in [-0.2, -0.15) is 0 Å². The van der Waals surface area contributed by atoms with Gasteiger partial charge in [-0.3, -0.25) is 4.79 Å². The topological polar surface area (TPSA) is 111 Å². The number of amides is 1. The number of hydrogen-bond acceptors (Lipinski definition) is 5. The van der Waals surface area contributed by atoms with Crippen molar-refractivity contribution in [2.24, 2.45) is 11.1 Å². The standard InChI is InChI=1S/C11H23N3O4S/c1-2-4-13-10-8-18-7-9(10)11(15)14-5-3-6-19(12,16)17/h9-10,13H,2-8H2,1H3,(H,14,15)(H2,12,16,17). The Labute approximate surface area is 114 Å². The summed E-state index contributed by atoms with van der Waals surface area (Å²) < 4.78 is 26.8. The zero-order valence-corrected chi connectivity index (χ0v) is 12.0. The molecule has 1 aliphatic rings. The van der Waals surface area contributed by atoms with Crippen molar-refractivity contribution in [2.75, 3.05) is 32.1 Å². The smallest absolute Gasteiger partial charge is 0.227 e. The zero-order valence-electron chi connectivity index (χ0n) is 11.2. The molecule has 1 fully saturated rings. The molecule has 0 aromatic rings. The monoisotopic (exact) mass is 293 g/mol. The van der Waals surface area contributed by atoms with Gasteiger partial charge in [0.25, 0.3) is 0 Å². The second-order valence-electron chi connectivity index (χ2n) is 4.72. The van der Waals surface area contributed by atoms with E-state index >= 15 is 0 Å². The van der Waals surface area contributed by atoms with E-state index in [1.54, 1.807) is 0 Å². The van der Waals surface area contributed by atoms with E-state index in [0.29, 0.717) is 26.2 Å². The highest BCUT2D eigenvalue weighted by atomic mass is 32.2. The molecule has 8 heteroatoms. The molecule has 0 bridgehead atoms. The summed E-state index contributed by atoms with van der Waals surface area (Å²) in [6.07, 6.45) is 1.32. The minimum absolute atomic E-state index is 0.0400. The van der Waals surface area contributed by atoms with Crippen molar-refractivity contribution in [3.8, 4) is 0 Å². The van der Waals surface area contributed by atoms with Gasteiger partial charge in [0.2, 0.25) is 15.9 Å². The third-order valence-electron chi connectivity index (χ3n) is 2.98. The molecule has 1 aliphatic heterocycles. The lowest BCUT2D eigenvalue weighted by atomic mass is 10.0. The van der Waals surface area contributed by atoms with E-state index in [1.807, 2.05) is 0 Å². The number of primary sulfonamides is 1. The molecular weight excluding hydrogens is 270 g/mol. The molecule has 4 N–H and O–H groups in total. The van der Waals surface area contributed by atoms with Gasteiger partial charge in [0.1, 0.15) is 0 Å². The van der Waals surface area contributed by atoms with Gasteiger partial charge in [-0.15, -0.1) is 0 Å². The summed E-state index contributed by atoms with van der Waals surface area (Å²) >= 11 is 0. The van der Waals surface area contributed by atoms with E-state index in [9.17, 15) is 13.2 Å². The minimum atomic E-state index is -3.45. The molecular formula is C11H23N3O4S. The molecule has 1 amide bonds. The van der Waals surface area contributed by atoms with E-state index in [1.165, 1.54) is 0 Å². The van der Waals surface area contributed by atoms with Crippen LogP contribution in [0.15, 0.2) is 0 Å². The van der Waals surface area contributed by atoms with Crippen molar-refractivity contribution >= 4 is 15.9 Å². The Morgan fingerprint density at radius 1 is 1.37 bits per heavy atom. The number of ether oxygens (including phenoxy) is 1. The van der Waals surface area contributed by atoms with Gasteiger partial charge >= 0.3 is 0 Å². The number of carbonyl (C=O) groups is 1. The van der Waals surface area contributed by atoms with Crippen LogP contribution in [-0.2, 0) is 19.6 Å². The summed E-state index contributed by atoms with van der Waals surface area (Å²) in [5.74, 6) is -0.423. The Hall–Kier alpha value is -0.700. The summed E-state index contributed by atoms with van der Waals surface area (Å²) in [5.41, 5.74) is 0. The van der Waals surface area contributed by atoms with E-state index < -0.39 is 10.0 Å². The van der Waals surface area contributed by atoms with Crippen molar-refractivity contribution < 1.29 is 17.9 Å². The summed E-state index contributed by atoms with van der Waals surface area (Å²) in [5, 5.41) is 10.9. The predicted molar refractivity (Wildman–Crippen MR) is 72.0 cm³/mol. The fourth-order valence-corrected chi connectivity index (χ4v) is 2.51. The first-order valence-corrected chi connectivity index (χ1v) is 8.25. The maximum Gasteiger partial charge on any atom is 0.227 e. The molecule has 19 heavy (non-hydrogen) atoms. The molecule has 1 saturated heterocycles. The molecule has 2 atom stereocenters. The fraction of sp³-hybridized carbons (Fsp3) is 0.909. The predicted octanol–water partition coefficient (Wildman–Crippen LogP) is -1.20. The lowest BCUT2D eigenvalue weighted by Crippen LogP contribution is -2.44. The average Bonchev–Trinajstić information content (AvgIpc) is 2.79. The van der Waals surface area contributed by atoms with E-state index in [2.05, 4.69) is 17.6 Å². The quantitative estimate of drug-likeness (QED) is 0.487. The summed E-state index contributed by atoms with van der Waals surface area (Å²) in [6, 6.07) is 0.0400. The lowest BCUT2D eigenvalue weighted by Gasteiger charge is -2.18. The van der Waals surface area contributed by atoms with Crippen LogP contribution in [0.4, 0.5) is 0 Å². The van der Waals surface area contributed by atoms with Crippen LogP contribution in [-0.4, -0.2) is 52.4 Å². The van der Waals surface area contributed by atoms with Gasteiger partial charge in [-0.25, -0.2) is 13.6 Å². The normalized spacial score (nSPS) is 23.5. The molecule has 1 rings (SSSR count). The van der Waals surface area contributed by atoms with E-state index in [0.717, 1.165) is 13.0 Å². The molecule has 0 aliphatic carbocycles. The Morgan fingerprint density at radius 2 is 2.11 bits per heavy atom. The van der Waals surface area contributed by atoms with Gasteiger partial charge in [-0.1, -0.05) is 6.92 Å². The molecule has 0 aromatic carbocycles. The van der Waals surface area contributed by atoms with E-state index in [4.69, 9.17) is 9.88 Å². The van der Waals surface area contributed by atoms with Crippen molar-refractivity contribution in [2.45, 2.75) is 25.8 Å². The SMILES string of the molecule is CCCNC1COCC1C(=O)NCCCS(N)(=O)=O. The minimum Gasteiger partial charge on any atom is -0.379 e. The van der Waals surface area contributed by atoms with Gasteiger partial charge in [0.15, 0.2) is 0 Å². The number of rotatable bonds is 8. The third-order valence-corrected chi connectivity index (χ3v) is 3.84. The highest BCUT2D eigenvalue weighted by Gasteiger charge is 2.33. The molecule has 7 nitrogen and oxygen atoms in total. The Kier molecular flexibility index (Phi) is 6.70. The van der Waals surface area contributed by atoms with Gasteiger partial charge in [0.05, 0.1) is 24.9 Å². The highest BCUT2D eigenvalue weighted by molar-refractivity contribution is 7.89. The maximum atomic E-state index is 11.9. The largest absolute Gasteiger partial charge is 0.379 e. The number of carbonyl (C=O) groups excluding carboxylic acids is 1. The number of nitrogens with two attached hydrogens (primary N) is 1. The van der Waals surface area contributed by atoms with Crippen LogP contribution < -0.4 is 15.8 Å². The maximum absolute atomic E-state index is 11.9. The molecule has 2 unspecified atom stereocenters. The van der Waals surface area contributed by atoms with Crippen LogP contribution in [0.2, 0.25) is 0 Å². The van der Waals surface area contributed by atoms with Crippen LogP contribution in [0, 0.1) is 5.92 Å². The zero-order chi connectivity index (χ0) is 14.3. The number of hydrogen-bond donors (Lipinski definition) is 3. The van der Waals surface area contributed by atoms with Crippen LogP contribution >= 0.6 is 0 Å². The second-order valence-corrected chi connectivity index (χ2v) is 6.45. The van der Waals surface area contributed by atoms with Crippen LogP contribution in [0.5, 0.6) is 0 Å². The van der Waals surface area contributed by atoms with Crippen molar-refractivity contribution in [3.05, 3.63) is 0 Å². The van der Waals surface area contributed by atoms with Crippen molar-refractivity contribution in [1.82, 2.24) is 10.6 Å². The summed E-state index contributed by atoms with van der Waals surface area (Å²) in [6.45, 7) is 4.16. The fourth-order valence-electron chi connectivity index (χ4n) is 1.96. The highest BCUT2D eigenvalue weighted by Crippen LogP contribution is 2.13. The number of nitrogens with one attached hydrogen (secondary N) is 2. The Balaban J connectivity index is 2.28. The van der Waals surface area contributed by atoms with Gasteiger partial charge in [-0.05, 0) is 19.4 Å². The Morgan fingerprint density at radius 3 is 2.74 bits per heavy atom. The summed E-state index contributed by atoms with van der Waals surface area (Å²) in [7, 11) is -3.45. The number of sulfonamides is 1. The van der Waals surface area contributed by atoms with Crippen molar-refractivity contribution in [3.63, 3.8) is 0 Å².